The second-order valence-electron chi connectivity index (χ2n) is 7.79. The second-order valence-corrected chi connectivity index (χ2v) is 9.77. The number of hydrogen-bond donors (Lipinski definition) is 0. The van der Waals surface area contributed by atoms with Crippen molar-refractivity contribution in [2.24, 2.45) is 5.92 Å². The van der Waals surface area contributed by atoms with Gasteiger partial charge in [0.05, 0.1) is 12.9 Å². The maximum absolute atomic E-state index is 11.7. The molecule has 2 aliphatic rings. The van der Waals surface area contributed by atoms with Crippen molar-refractivity contribution in [2.75, 3.05) is 39.0 Å². The Balaban J connectivity index is 0.00000261. The first-order valence-electron chi connectivity index (χ1n) is 9.80. The van der Waals surface area contributed by atoms with Crippen LogP contribution in [0.1, 0.15) is 37.8 Å². The molecule has 0 radical (unpaired) electrons. The average Bonchev–Trinajstić information content (AvgIpc) is 3.07. The third kappa shape index (κ3) is 5.83. The molecule has 1 aromatic carbocycles. The maximum atomic E-state index is 11.7. The molecule has 0 bridgehead atoms. The Morgan fingerprint density at radius 2 is 2.00 bits per heavy atom. The minimum absolute atomic E-state index is 0. The number of fused-ring (bicyclic) bond motifs is 1. The lowest BCUT2D eigenvalue weighted by molar-refractivity contribution is 0.152. The van der Waals surface area contributed by atoms with Crippen LogP contribution in [-0.2, 0) is 22.9 Å². The summed E-state index contributed by atoms with van der Waals surface area (Å²) in [7, 11) is -3.04. The molecule has 154 valence electrons. The van der Waals surface area contributed by atoms with Gasteiger partial charge < -0.3 is 9.64 Å². The molecule has 7 heteroatoms. The van der Waals surface area contributed by atoms with E-state index in [2.05, 4.69) is 36.9 Å². The topological polar surface area (TPSA) is 49.9 Å². The highest BCUT2D eigenvalue weighted by atomic mass is 35.5. The molecule has 1 atom stereocenters. The average molecular weight is 417 g/mol. The Morgan fingerprint density at radius 3 is 2.63 bits per heavy atom. The van der Waals surface area contributed by atoms with Gasteiger partial charge in [0.2, 0.25) is 10.0 Å². The van der Waals surface area contributed by atoms with Crippen LogP contribution >= 0.6 is 12.4 Å². The molecule has 0 spiro atoms. The monoisotopic (exact) mass is 416 g/mol. The number of likely N-dealkylation sites (N-methyl/N-ethyl adjacent to an activating group) is 1. The standard InChI is InChI=1S/C20H32N2O3S.ClH/c1-4-21(15-17-7-10-22(11-8-17)26(3,23)24)16(2)13-18-5-6-19-9-12-25-20(19)14-18;/h5-6,14,16-17H,4,7-13,15H2,1-3H3;1H. The molecule has 0 N–H and O–H groups in total. The summed E-state index contributed by atoms with van der Waals surface area (Å²) in [5, 5.41) is 0. The van der Waals surface area contributed by atoms with Crippen LogP contribution in [0.4, 0.5) is 0 Å². The number of nitrogens with zero attached hydrogens (tertiary/aromatic N) is 2. The molecule has 0 amide bonds. The fourth-order valence-electron chi connectivity index (χ4n) is 4.18. The SMILES string of the molecule is CCN(CC1CCN(S(C)(=O)=O)CC1)C(C)Cc1ccc2c(c1)OCC2.Cl. The van der Waals surface area contributed by atoms with E-state index in [0.717, 1.165) is 51.1 Å². The van der Waals surface area contributed by atoms with Crippen molar-refractivity contribution in [3.05, 3.63) is 29.3 Å². The first-order chi connectivity index (χ1) is 12.4. The van der Waals surface area contributed by atoms with Crippen molar-refractivity contribution in [1.82, 2.24) is 9.21 Å². The normalized spacial score (nSPS) is 19.4. The molecule has 2 heterocycles. The molecule has 5 nitrogen and oxygen atoms in total. The van der Waals surface area contributed by atoms with E-state index in [1.54, 1.807) is 4.31 Å². The Labute approximate surface area is 170 Å². The number of piperidine rings is 1. The molecule has 0 saturated carbocycles. The minimum atomic E-state index is -3.04. The van der Waals surface area contributed by atoms with Crippen molar-refractivity contribution in [1.29, 1.82) is 0 Å². The Kier molecular flexibility index (Phi) is 7.98. The van der Waals surface area contributed by atoms with Gasteiger partial charge >= 0.3 is 0 Å². The van der Waals surface area contributed by atoms with E-state index in [1.807, 2.05) is 0 Å². The third-order valence-corrected chi connectivity index (χ3v) is 7.16. The third-order valence-electron chi connectivity index (χ3n) is 5.86. The Morgan fingerprint density at radius 1 is 1.30 bits per heavy atom. The quantitative estimate of drug-likeness (QED) is 0.685. The first-order valence-corrected chi connectivity index (χ1v) is 11.7. The summed E-state index contributed by atoms with van der Waals surface area (Å²) in [5.41, 5.74) is 2.66. The molecule has 2 aliphatic heterocycles. The van der Waals surface area contributed by atoms with Crippen LogP contribution in [0, 0.1) is 5.92 Å². The largest absolute Gasteiger partial charge is 0.493 e. The summed E-state index contributed by atoms with van der Waals surface area (Å²) in [6, 6.07) is 7.12. The summed E-state index contributed by atoms with van der Waals surface area (Å²) in [6.45, 7) is 8.72. The zero-order chi connectivity index (χ0) is 18.7. The fraction of sp³-hybridized carbons (Fsp3) is 0.700. The van der Waals surface area contributed by atoms with Crippen LogP contribution in [0.3, 0.4) is 0 Å². The number of rotatable bonds is 7. The zero-order valence-corrected chi connectivity index (χ0v) is 18.3. The summed E-state index contributed by atoms with van der Waals surface area (Å²) in [4.78, 5) is 2.54. The van der Waals surface area contributed by atoms with Gasteiger partial charge in [0.1, 0.15) is 5.75 Å². The van der Waals surface area contributed by atoms with Gasteiger partial charge in [-0.25, -0.2) is 12.7 Å². The van der Waals surface area contributed by atoms with E-state index in [1.165, 1.54) is 17.4 Å². The number of benzene rings is 1. The lowest BCUT2D eigenvalue weighted by atomic mass is 9.96. The highest BCUT2D eigenvalue weighted by molar-refractivity contribution is 7.88. The molecule has 0 aliphatic carbocycles. The molecule has 3 rings (SSSR count). The van der Waals surface area contributed by atoms with Crippen molar-refractivity contribution in [2.45, 2.75) is 45.6 Å². The second kappa shape index (κ2) is 9.59. The summed E-state index contributed by atoms with van der Waals surface area (Å²) in [6.07, 6.45) is 5.28. The summed E-state index contributed by atoms with van der Waals surface area (Å²) < 4.78 is 30.7. The number of hydrogen-bond acceptors (Lipinski definition) is 4. The zero-order valence-electron chi connectivity index (χ0n) is 16.7. The molecule has 1 saturated heterocycles. The lowest BCUT2D eigenvalue weighted by Crippen LogP contribution is -2.43. The van der Waals surface area contributed by atoms with Crippen LogP contribution in [-0.4, -0.2) is 62.7 Å². The molecule has 0 aromatic heterocycles. The Hall–Kier alpha value is -0.820. The van der Waals surface area contributed by atoms with E-state index in [0.29, 0.717) is 25.0 Å². The predicted octanol–water partition coefficient (Wildman–Crippen LogP) is 2.97. The van der Waals surface area contributed by atoms with Crippen LogP contribution in [0.2, 0.25) is 0 Å². The minimum Gasteiger partial charge on any atom is -0.493 e. The van der Waals surface area contributed by atoms with E-state index in [-0.39, 0.29) is 12.4 Å². The maximum Gasteiger partial charge on any atom is 0.211 e. The lowest BCUT2D eigenvalue weighted by Gasteiger charge is -2.36. The molecule has 1 fully saturated rings. The molecular weight excluding hydrogens is 384 g/mol. The molecular formula is C20H33ClN2O3S. The van der Waals surface area contributed by atoms with Crippen LogP contribution in [0.15, 0.2) is 18.2 Å². The first kappa shape index (κ1) is 22.5. The van der Waals surface area contributed by atoms with Gasteiger partial charge in [0.25, 0.3) is 0 Å². The van der Waals surface area contributed by atoms with Crippen molar-refractivity contribution < 1.29 is 13.2 Å². The van der Waals surface area contributed by atoms with Crippen LogP contribution < -0.4 is 4.74 Å². The van der Waals surface area contributed by atoms with Crippen LogP contribution in [0.5, 0.6) is 5.75 Å². The van der Waals surface area contributed by atoms with E-state index < -0.39 is 10.0 Å². The van der Waals surface area contributed by atoms with E-state index in [4.69, 9.17) is 4.74 Å². The van der Waals surface area contributed by atoms with Crippen molar-refractivity contribution in [3.63, 3.8) is 0 Å². The van der Waals surface area contributed by atoms with Crippen molar-refractivity contribution >= 4 is 22.4 Å². The number of sulfonamides is 1. The number of halogens is 1. The van der Waals surface area contributed by atoms with Gasteiger partial charge in [-0.2, -0.15) is 0 Å². The van der Waals surface area contributed by atoms with Crippen LogP contribution in [0.25, 0.3) is 0 Å². The van der Waals surface area contributed by atoms with E-state index >= 15 is 0 Å². The fourth-order valence-corrected chi connectivity index (χ4v) is 5.06. The molecule has 27 heavy (non-hydrogen) atoms. The molecule has 1 aromatic rings. The van der Waals surface area contributed by atoms with Gasteiger partial charge in [-0.05, 0) is 55.8 Å². The summed E-state index contributed by atoms with van der Waals surface area (Å²) in [5.74, 6) is 1.64. The predicted molar refractivity (Wildman–Crippen MR) is 112 cm³/mol. The van der Waals surface area contributed by atoms with Crippen molar-refractivity contribution in [3.8, 4) is 5.75 Å². The highest BCUT2D eigenvalue weighted by Gasteiger charge is 2.27. The van der Waals surface area contributed by atoms with Gasteiger partial charge in [-0.3, -0.25) is 0 Å². The van der Waals surface area contributed by atoms with E-state index in [9.17, 15) is 8.42 Å². The Bertz CT molecular complexity index is 718. The van der Waals surface area contributed by atoms with Gasteiger partial charge in [-0.1, -0.05) is 19.1 Å². The molecule has 1 unspecified atom stereocenters. The van der Waals surface area contributed by atoms with Gasteiger partial charge in [0, 0.05) is 32.1 Å². The highest BCUT2D eigenvalue weighted by Crippen LogP contribution is 2.27. The van der Waals surface area contributed by atoms with Gasteiger partial charge in [-0.15, -0.1) is 12.4 Å². The van der Waals surface area contributed by atoms with Gasteiger partial charge in [0.15, 0.2) is 0 Å². The number of ether oxygens (including phenoxy) is 1. The summed E-state index contributed by atoms with van der Waals surface area (Å²) >= 11 is 0. The smallest absolute Gasteiger partial charge is 0.211 e.